The summed E-state index contributed by atoms with van der Waals surface area (Å²) in [5, 5.41) is 13.2. The van der Waals surface area contributed by atoms with Crippen molar-refractivity contribution in [2.24, 2.45) is 17.8 Å². The van der Waals surface area contributed by atoms with Crippen molar-refractivity contribution in [3.8, 4) is 6.07 Å². The molecule has 4 nitrogen and oxygen atoms in total. The summed E-state index contributed by atoms with van der Waals surface area (Å²) in [5.41, 5.74) is 1.47. The van der Waals surface area contributed by atoms with Crippen molar-refractivity contribution in [2.75, 3.05) is 18.0 Å². The van der Waals surface area contributed by atoms with E-state index in [1.165, 1.54) is 25.7 Å². The first kappa shape index (κ1) is 15.8. The van der Waals surface area contributed by atoms with Crippen LogP contribution >= 0.6 is 11.6 Å². The summed E-state index contributed by atoms with van der Waals surface area (Å²) in [6.07, 6.45) is 5.93. The predicted molar refractivity (Wildman–Crippen MR) is 93.9 cm³/mol. The Hall–Kier alpha value is -1.73. The first-order chi connectivity index (χ1) is 11.6. The van der Waals surface area contributed by atoms with Crippen LogP contribution in [0.15, 0.2) is 18.2 Å². The Morgan fingerprint density at radius 3 is 2.88 bits per heavy atom. The van der Waals surface area contributed by atoms with Gasteiger partial charge in [0.1, 0.15) is 6.07 Å². The highest BCUT2D eigenvalue weighted by atomic mass is 35.5. The van der Waals surface area contributed by atoms with Crippen molar-refractivity contribution in [3.63, 3.8) is 0 Å². The molecule has 1 aromatic carbocycles. The Labute approximate surface area is 147 Å². The van der Waals surface area contributed by atoms with Crippen LogP contribution in [0.4, 0.5) is 5.69 Å². The molecule has 1 aliphatic heterocycles. The monoisotopic (exact) mass is 343 g/mol. The van der Waals surface area contributed by atoms with E-state index in [2.05, 4.69) is 16.3 Å². The number of carbonyl (C=O) groups excluding carboxylic acids is 1. The second-order valence-corrected chi connectivity index (χ2v) is 7.93. The van der Waals surface area contributed by atoms with Crippen molar-refractivity contribution in [3.05, 3.63) is 28.8 Å². The average molecular weight is 344 g/mol. The summed E-state index contributed by atoms with van der Waals surface area (Å²) in [6.45, 7) is 1.46. The maximum atomic E-state index is 12.6. The van der Waals surface area contributed by atoms with Gasteiger partial charge in [-0.05, 0) is 55.7 Å². The van der Waals surface area contributed by atoms with E-state index in [-0.39, 0.29) is 11.8 Å². The largest absolute Gasteiger partial charge is 0.370 e. The minimum atomic E-state index is 0.00894. The fourth-order valence-corrected chi connectivity index (χ4v) is 4.94. The van der Waals surface area contributed by atoms with E-state index in [9.17, 15) is 10.1 Å². The number of carbonyl (C=O) groups is 1. The van der Waals surface area contributed by atoms with Crippen LogP contribution in [-0.2, 0) is 4.79 Å². The number of fused-ring (bicyclic) bond motifs is 2. The molecule has 3 fully saturated rings. The first-order valence-corrected chi connectivity index (χ1v) is 9.27. The molecule has 0 aromatic heterocycles. The van der Waals surface area contributed by atoms with Crippen molar-refractivity contribution in [1.29, 1.82) is 5.26 Å². The lowest BCUT2D eigenvalue weighted by Gasteiger charge is -2.25. The van der Waals surface area contributed by atoms with E-state index >= 15 is 0 Å². The lowest BCUT2D eigenvalue weighted by molar-refractivity contribution is -0.125. The highest BCUT2D eigenvalue weighted by Crippen LogP contribution is 2.44. The minimum Gasteiger partial charge on any atom is -0.370 e. The summed E-state index contributed by atoms with van der Waals surface area (Å²) in [6, 6.07) is 7.93. The van der Waals surface area contributed by atoms with E-state index < -0.39 is 0 Å². The Bertz CT molecular complexity index is 698. The van der Waals surface area contributed by atoms with Crippen LogP contribution < -0.4 is 10.2 Å². The Morgan fingerprint density at radius 2 is 2.17 bits per heavy atom. The van der Waals surface area contributed by atoms with Gasteiger partial charge in [-0.15, -0.1) is 0 Å². The summed E-state index contributed by atoms with van der Waals surface area (Å²) in [7, 11) is 0. The van der Waals surface area contributed by atoms with Gasteiger partial charge < -0.3 is 10.2 Å². The van der Waals surface area contributed by atoms with E-state index in [0.717, 1.165) is 24.6 Å². The molecule has 0 spiro atoms. The number of hydrogen-bond donors (Lipinski definition) is 1. The van der Waals surface area contributed by atoms with Gasteiger partial charge in [0.2, 0.25) is 5.91 Å². The third-order valence-electron chi connectivity index (χ3n) is 6.05. The third-order valence-corrected chi connectivity index (χ3v) is 6.28. The number of benzene rings is 1. The molecule has 24 heavy (non-hydrogen) atoms. The SMILES string of the molecule is N#Cc1ccc(Cl)cc1N1CC[C@H](C(=O)N[C@@H]2C[C@@H]3CC[C@H]2C3)C1. The fraction of sp³-hybridized carbons (Fsp3) is 0.579. The number of nitriles is 1. The van der Waals surface area contributed by atoms with Gasteiger partial charge in [0.15, 0.2) is 0 Å². The molecule has 5 heteroatoms. The standard InChI is InChI=1S/C19H22ClN3O/c20-16-4-3-14(10-21)18(9-16)23-6-5-15(11-23)19(24)22-17-8-12-1-2-13(17)7-12/h3-4,9,12-13,15,17H,1-2,5-8,11H2,(H,22,24)/t12-,13+,15+,17-/m1/s1. The van der Waals surface area contributed by atoms with Crippen LogP contribution in [0, 0.1) is 29.1 Å². The summed E-state index contributed by atoms with van der Waals surface area (Å²) < 4.78 is 0. The molecule has 1 N–H and O–H groups in total. The maximum absolute atomic E-state index is 12.6. The number of rotatable bonds is 3. The van der Waals surface area contributed by atoms with Gasteiger partial charge >= 0.3 is 0 Å². The van der Waals surface area contributed by atoms with Gasteiger partial charge in [0, 0.05) is 24.2 Å². The van der Waals surface area contributed by atoms with Crippen LogP contribution in [0.3, 0.4) is 0 Å². The topological polar surface area (TPSA) is 56.1 Å². The molecule has 0 radical (unpaired) electrons. The lowest BCUT2D eigenvalue weighted by atomic mass is 9.94. The fourth-order valence-electron chi connectivity index (χ4n) is 4.78. The van der Waals surface area contributed by atoms with Gasteiger partial charge in [-0.3, -0.25) is 4.79 Å². The van der Waals surface area contributed by atoms with Crippen LogP contribution in [0.5, 0.6) is 0 Å². The van der Waals surface area contributed by atoms with E-state index in [1.807, 2.05) is 6.07 Å². The molecule has 0 unspecified atom stereocenters. The van der Waals surface area contributed by atoms with Crippen molar-refractivity contribution in [1.82, 2.24) is 5.32 Å². The molecule has 4 atom stereocenters. The Balaban J connectivity index is 1.40. The summed E-state index contributed by atoms with van der Waals surface area (Å²) in [5.74, 6) is 1.74. The quantitative estimate of drug-likeness (QED) is 0.915. The van der Waals surface area contributed by atoms with Gasteiger partial charge in [0.05, 0.1) is 17.2 Å². The Kier molecular flexibility index (Phi) is 4.14. The van der Waals surface area contributed by atoms with Crippen LogP contribution in [0.2, 0.25) is 5.02 Å². The molecular formula is C19H22ClN3O. The maximum Gasteiger partial charge on any atom is 0.225 e. The average Bonchev–Trinajstić information content (AvgIpc) is 3.31. The second kappa shape index (κ2) is 6.29. The molecule has 1 heterocycles. The number of halogens is 1. The molecule has 2 bridgehead atoms. The van der Waals surface area contributed by atoms with Crippen LogP contribution in [0.25, 0.3) is 0 Å². The summed E-state index contributed by atoms with van der Waals surface area (Å²) in [4.78, 5) is 14.8. The van der Waals surface area contributed by atoms with E-state index in [4.69, 9.17) is 11.6 Å². The van der Waals surface area contributed by atoms with E-state index in [1.54, 1.807) is 12.1 Å². The van der Waals surface area contributed by atoms with Gasteiger partial charge in [-0.1, -0.05) is 18.0 Å². The van der Waals surface area contributed by atoms with Crippen molar-refractivity contribution >= 4 is 23.2 Å². The molecule has 126 valence electrons. The molecule has 1 saturated heterocycles. The zero-order valence-electron chi connectivity index (χ0n) is 13.7. The third kappa shape index (κ3) is 2.86. The molecule has 2 aliphatic carbocycles. The molecule has 1 amide bonds. The number of nitrogens with one attached hydrogen (secondary N) is 1. The zero-order valence-corrected chi connectivity index (χ0v) is 14.4. The van der Waals surface area contributed by atoms with Gasteiger partial charge in [-0.2, -0.15) is 5.26 Å². The van der Waals surface area contributed by atoms with Crippen molar-refractivity contribution < 1.29 is 4.79 Å². The van der Waals surface area contributed by atoms with Gasteiger partial charge in [0.25, 0.3) is 0 Å². The summed E-state index contributed by atoms with van der Waals surface area (Å²) >= 11 is 6.09. The van der Waals surface area contributed by atoms with Crippen LogP contribution in [0.1, 0.15) is 37.7 Å². The molecule has 2 saturated carbocycles. The first-order valence-electron chi connectivity index (χ1n) is 8.89. The smallest absolute Gasteiger partial charge is 0.225 e. The van der Waals surface area contributed by atoms with E-state index in [0.29, 0.717) is 29.1 Å². The lowest BCUT2D eigenvalue weighted by Crippen LogP contribution is -2.42. The molecular weight excluding hydrogens is 322 g/mol. The van der Waals surface area contributed by atoms with Gasteiger partial charge in [-0.25, -0.2) is 0 Å². The highest BCUT2D eigenvalue weighted by Gasteiger charge is 2.41. The molecule has 4 rings (SSSR count). The second-order valence-electron chi connectivity index (χ2n) is 7.49. The normalized spacial score (nSPS) is 31.2. The number of amides is 1. The molecule has 3 aliphatic rings. The number of nitrogens with zero attached hydrogens (tertiary/aromatic N) is 2. The zero-order chi connectivity index (χ0) is 16.7. The minimum absolute atomic E-state index is 0.00894. The molecule has 1 aromatic rings. The highest BCUT2D eigenvalue weighted by molar-refractivity contribution is 6.30. The van der Waals surface area contributed by atoms with Crippen molar-refractivity contribution in [2.45, 2.75) is 38.1 Å². The number of hydrogen-bond acceptors (Lipinski definition) is 3. The van der Waals surface area contributed by atoms with Crippen LogP contribution in [-0.4, -0.2) is 25.0 Å². The Morgan fingerprint density at radius 1 is 1.29 bits per heavy atom. The predicted octanol–water partition coefficient (Wildman–Crippen LogP) is 3.34. The number of anilines is 1.